The van der Waals surface area contributed by atoms with Crippen molar-refractivity contribution < 1.29 is 22.7 Å². The van der Waals surface area contributed by atoms with Crippen molar-refractivity contribution in [1.29, 1.82) is 0 Å². The van der Waals surface area contributed by atoms with E-state index in [2.05, 4.69) is 5.32 Å². The summed E-state index contributed by atoms with van der Waals surface area (Å²) in [6, 6.07) is 13.9. The lowest BCUT2D eigenvalue weighted by Gasteiger charge is -2.29. The summed E-state index contributed by atoms with van der Waals surface area (Å²) in [6.45, 7) is 8.60. The van der Waals surface area contributed by atoms with Gasteiger partial charge in [0.25, 0.3) is 0 Å². The maximum Gasteiger partial charge on any atom is 0.242 e. The summed E-state index contributed by atoms with van der Waals surface area (Å²) in [4.78, 5) is 27.7. The second kappa shape index (κ2) is 13.3. The molecule has 1 N–H and O–H groups in total. The molecule has 0 fully saturated rings. The van der Waals surface area contributed by atoms with Gasteiger partial charge in [-0.05, 0) is 56.0 Å². The molecule has 9 heteroatoms. The molecule has 2 amide bonds. The van der Waals surface area contributed by atoms with Crippen LogP contribution in [0, 0.1) is 12.8 Å². The predicted molar refractivity (Wildman–Crippen MR) is 143 cm³/mol. The van der Waals surface area contributed by atoms with Crippen LogP contribution in [0.4, 0.5) is 5.69 Å². The highest BCUT2D eigenvalue weighted by atomic mass is 32.2. The summed E-state index contributed by atoms with van der Waals surface area (Å²) in [7, 11) is -1.93. The number of carbonyl (C=O) groups is 2. The molecular weight excluding hydrogens is 478 g/mol. The maximum atomic E-state index is 13.3. The van der Waals surface area contributed by atoms with Crippen molar-refractivity contribution in [2.45, 2.75) is 53.1 Å². The Hall–Kier alpha value is -3.07. The molecular formula is C27H39N3O5S. The average Bonchev–Trinajstić information content (AvgIpc) is 2.83. The molecule has 1 atom stereocenters. The molecule has 8 nitrogen and oxygen atoms in total. The van der Waals surface area contributed by atoms with Gasteiger partial charge in [-0.1, -0.05) is 43.7 Å². The molecule has 1 unspecified atom stereocenters. The van der Waals surface area contributed by atoms with Crippen LogP contribution in [0.25, 0.3) is 0 Å². The molecule has 0 aliphatic rings. The van der Waals surface area contributed by atoms with E-state index in [1.807, 2.05) is 57.2 Å². The van der Waals surface area contributed by atoms with E-state index in [1.54, 1.807) is 31.1 Å². The van der Waals surface area contributed by atoms with Gasteiger partial charge in [0, 0.05) is 26.1 Å². The lowest BCUT2D eigenvalue weighted by molar-refractivity contribution is -0.140. The quantitative estimate of drug-likeness (QED) is 0.437. The van der Waals surface area contributed by atoms with E-state index in [1.165, 1.54) is 4.31 Å². The van der Waals surface area contributed by atoms with Crippen molar-refractivity contribution in [1.82, 2.24) is 10.2 Å². The SMILES string of the molecule is COc1ccc(CN(C(=O)CCCN(c2ccc(C)cc2)S(C)(=O)=O)C(C)C(=O)NCC(C)C)cc1. The van der Waals surface area contributed by atoms with E-state index in [-0.39, 0.29) is 37.2 Å². The third-order valence-corrected chi connectivity index (χ3v) is 7.03. The number of nitrogens with zero attached hydrogens (tertiary/aromatic N) is 2. The third-order valence-electron chi connectivity index (χ3n) is 5.84. The number of sulfonamides is 1. The lowest BCUT2D eigenvalue weighted by atomic mass is 10.1. The lowest BCUT2D eigenvalue weighted by Crippen LogP contribution is -2.48. The number of anilines is 1. The topological polar surface area (TPSA) is 96.0 Å². The van der Waals surface area contributed by atoms with Crippen molar-refractivity contribution in [3.63, 3.8) is 0 Å². The minimum atomic E-state index is -3.52. The monoisotopic (exact) mass is 517 g/mol. The van der Waals surface area contributed by atoms with Crippen molar-refractivity contribution in [2.75, 3.05) is 30.8 Å². The summed E-state index contributed by atoms with van der Waals surface area (Å²) in [5, 5.41) is 2.90. The predicted octanol–water partition coefficient (Wildman–Crippen LogP) is 3.74. The van der Waals surface area contributed by atoms with Crippen LogP contribution >= 0.6 is 0 Å². The number of carbonyl (C=O) groups excluding carboxylic acids is 2. The molecule has 2 aromatic rings. The zero-order chi connectivity index (χ0) is 26.9. The molecule has 0 heterocycles. The third kappa shape index (κ3) is 8.86. The first-order chi connectivity index (χ1) is 16.9. The van der Waals surface area contributed by atoms with Crippen molar-refractivity contribution in [3.8, 4) is 5.75 Å². The van der Waals surface area contributed by atoms with Gasteiger partial charge in [0.2, 0.25) is 21.8 Å². The number of benzene rings is 2. The van der Waals surface area contributed by atoms with Crippen LogP contribution in [0.1, 0.15) is 44.7 Å². The Kier molecular flexibility index (Phi) is 10.8. The molecule has 2 aromatic carbocycles. The van der Waals surface area contributed by atoms with E-state index in [0.29, 0.717) is 24.4 Å². The molecule has 36 heavy (non-hydrogen) atoms. The van der Waals surface area contributed by atoms with Gasteiger partial charge in [-0.25, -0.2) is 8.42 Å². The summed E-state index contributed by atoms with van der Waals surface area (Å²) in [6.07, 6.45) is 1.58. The summed E-state index contributed by atoms with van der Waals surface area (Å²) < 4.78 is 31.3. The first-order valence-corrected chi connectivity index (χ1v) is 14.0. The number of aryl methyl sites for hydroxylation is 1. The van der Waals surface area contributed by atoms with Gasteiger partial charge in [0.1, 0.15) is 11.8 Å². The summed E-state index contributed by atoms with van der Waals surface area (Å²) in [5.74, 6) is 0.560. The Balaban J connectivity index is 2.15. The van der Waals surface area contributed by atoms with Crippen molar-refractivity contribution in [3.05, 3.63) is 59.7 Å². The zero-order valence-electron chi connectivity index (χ0n) is 22.2. The summed E-state index contributed by atoms with van der Waals surface area (Å²) >= 11 is 0. The highest BCUT2D eigenvalue weighted by molar-refractivity contribution is 7.92. The fourth-order valence-electron chi connectivity index (χ4n) is 3.68. The second-order valence-electron chi connectivity index (χ2n) is 9.46. The van der Waals surface area contributed by atoms with Crippen LogP contribution in [-0.2, 0) is 26.2 Å². The Bertz CT molecular complexity index is 1100. The number of ether oxygens (including phenoxy) is 1. The van der Waals surface area contributed by atoms with Gasteiger partial charge in [0.15, 0.2) is 0 Å². The van der Waals surface area contributed by atoms with Gasteiger partial charge in [0.05, 0.1) is 19.1 Å². The smallest absolute Gasteiger partial charge is 0.242 e. The maximum absolute atomic E-state index is 13.3. The fourth-order valence-corrected chi connectivity index (χ4v) is 4.64. The minimum Gasteiger partial charge on any atom is -0.497 e. The Morgan fingerprint density at radius 3 is 2.14 bits per heavy atom. The Labute approximate surface area is 215 Å². The number of amides is 2. The van der Waals surface area contributed by atoms with E-state index in [0.717, 1.165) is 17.4 Å². The van der Waals surface area contributed by atoms with Gasteiger partial charge < -0.3 is 15.0 Å². The van der Waals surface area contributed by atoms with Crippen LogP contribution in [0.3, 0.4) is 0 Å². The molecule has 0 saturated carbocycles. The normalized spacial score (nSPS) is 12.2. The largest absolute Gasteiger partial charge is 0.497 e. The molecule has 0 aliphatic heterocycles. The Morgan fingerprint density at radius 2 is 1.61 bits per heavy atom. The highest BCUT2D eigenvalue weighted by Gasteiger charge is 2.26. The fraction of sp³-hybridized carbons (Fsp3) is 0.481. The molecule has 2 rings (SSSR count). The first kappa shape index (κ1) is 29.2. The van der Waals surface area contributed by atoms with Crippen LogP contribution in [0.5, 0.6) is 5.75 Å². The number of hydrogen-bond donors (Lipinski definition) is 1. The molecule has 0 aromatic heterocycles. The molecule has 0 saturated heterocycles. The number of rotatable bonds is 13. The molecule has 0 spiro atoms. The van der Waals surface area contributed by atoms with Gasteiger partial charge in [-0.15, -0.1) is 0 Å². The van der Waals surface area contributed by atoms with E-state index < -0.39 is 16.1 Å². The standard InChI is InChI=1S/C27H39N3O5S/c1-20(2)18-28-27(32)22(4)29(19-23-11-15-25(35-5)16-12-23)26(31)8-7-17-30(36(6,33)34)24-13-9-21(3)10-14-24/h9-16,20,22H,7-8,17-19H2,1-6H3,(H,28,32). The van der Waals surface area contributed by atoms with Gasteiger partial charge >= 0.3 is 0 Å². The second-order valence-corrected chi connectivity index (χ2v) is 11.4. The van der Waals surface area contributed by atoms with Crippen LogP contribution in [0.15, 0.2) is 48.5 Å². The summed E-state index contributed by atoms with van der Waals surface area (Å²) in [5.41, 5.74) is 2.46. The molecule has 198 valence electrons. The average molecular weight is 518 g/mol. The van der Waals surface area contributed by atoms with E-state index >= 15 is 0 Å². The Morgan fingerprint density at radius 1 is 1.00 bits per heavy atom. The molecule has 0 radical (unpaired) electrons. The van der Waals surface area contributed by atoms with Crippen LogP contribution in [0.2, 0.25) is 0 Å². The van der Waals surface area contributed by atoms with Gasteiger partial charge in [-0.3, -0.25) is 13.9 Å². The number of methoxy groups -OCH3 is 1. The minimum absolute atomic E-state index is 0.107. The van der Waals surface area contributed by atoms with Crippen molar-refractivity contribution >= 4 is 27.5 Å². The zero-order valence-corrected chi connectivity index (χ0v) is 23.0. The van der Waals surface area contributed by atoms with Gasteiger partial charge in [-0.2, -0.15) is 0 Å². The van der Waals surface area contributed by atoms with Crippen LogP contribution < -0.4 is 14.4 Å². The molecule has 0 aliphatic carbocycles. The van der Waals surface area contributed by atoms with E-state index in [4.69, 9.17) is 4.74 Å². The number of hydrogen-bond acceptors (Lipinski definition) is 5. The molecule has 0 bridgehead atoms. The number of nitrogens with one attached hydrogen (secondary N) is 1. The van der Waals surface area contributed by atoms with Crippen molar-refractivity contribution in [2.24, 2.45) is 5.92 Å². The first-order valence-electron chi connectivity index (χ1n) is 12.2. The van der Waals surface area contributed by atoms with E-state index in [9.17, 15) is 18.0 Å². The highest BCUT2D eigenvalue weighted by Crippen LogP contribution is 2.20. The van der Waals surface area contributed by atoms with Crippen LogP contribution in [-0.4, -0.2) is 57.6 Å².